The fraction of sp³-hybridized carbons (Fsp3) is 0.238. The van der Waals surface area contributed by atoms with Gasteiger partial charge in [0.15, 0.2) is 4.80 Å². The Morgan fingerprint density at radius 2 is 1.96 bits per heavy atom. The van der Waals surface area contributed by atoms with Crippen molar-refractivity contribution in [2.75, 3.05) is 5.75 Å². The molecule has 0 unspecified atom stereocenters. The molecule has 0 fully saturated rings. The normalized spacial score (nSPS) is 11.8. The van der Waals surface area contributed by atoms with E-state index in [4.69, 9.17) is 0 Å². The molecule has 2 aromatic carbocycles. The number of carbonyl (C=O) groups is 1. The van der Waals surface area contributed by atoms with Crippen LogP contribution in [0.1, 0.15) is 16.7 Å². The lowest BCUT2D eigenvalue weighted by atomic mass is 10.1. The number of nitrogens with zero attached hydrogens (tertiary/aromatic N) is 2. The highest BCUT2D eigenvalue weighted by Crippen LogP contribution is 2.22. The summed E-state index contributed by atoms with van der Waals surface area (Å²) in [6.07, 6.45) is 1.84. The molecule has 1 heterocycles. The first-order valence-corrected chi connectivity index (χ1v) is 10.5. The van der Waals surface area contributed by atoms with Gasteiger partial charge in [-0.3, -0.25) is 4.79 Å². The van der Waals surface area contributed by atoms with Gasteiger partial charge in [-0.2, -0.15) is 4.99 Å². The van der Waals surface area contributed by atoms with E-state index in [-0.39, 0.29) is 5.91 Å². The van der Waals surface area contributed by atoms with Crippen LogP contribution in [-0.2, 0) is 17.1 Å². The molecule has 0 saturated heterocycles. The van der Waals surface area contributed by atoms with Gasteiger partial charge in [-0.05, 0) is 42.7 Å². The quantitative estimate of drug-likeness (QED) is 0.570. The van der Waals surface area contributed by atoms with Gasteiger partial charge in [-0.1, -0.05) is 47.7 Å². The van der Waals surface area contributed by atoms with E-state index in [0.29, 0.717) is 12.3 Å². The average Bonchev–Trinajstić information content (AvgIpc) is 2.93. The maximum Gasteiger partial charge on any atom is 0.258 e. The van der Waals surface area contributed by atoms with Gasteiger partial charge < -0.3 is 4.57 Å². The van der Waals surface area contributed by atoms with Crippen LogP contribution in [0.15, 0.2) is 60.1 Å². The number of thiazole rings is 1. The maximum absolute atomic E-state index is 12.3. The van der Waals surface area contributed by atoms with Crippen LogP contribution in [0.3, 0.4) is 0 Å². The van der Waals surface area contributed by atoms with E-state index in [2.05, 4.69) is 54.3 Å². The first-order chi connectivity index (χ1) is 12.6. The van der Waals surface area contributed by atoms with Crippen molar-refractivity contribution < 1.29 is 4.79 Å². The highest BCUT2D eigenvalue weighted by Gasteiger charge is 2.09. The summed E-state index contributed by atoms with van der Waals surface area (Å²) in [5.41, 5.74) is 4.83. The molecule has 0 saturated carbocycles. The van der Waals surface area contributed by atoms with Gasteiger partial charge >= 0.3 is 0 Å². The number of aromatic nitrogens is 1. The molecule has 5 heteroatoms. The molecule has 134 valence electrons. The molecule has 3 rings (SSSR count). The van der Waals surface area contributed by atoms with Gasteiger partial charge in [0.05, 0.1) is 16.0 Å². The largest absolute Gasteiger partial charge is 0.312 e. The summed E-state index contributed by atoms with van der Waals surface area (Å²) in [5.74, 6) is 1.11. The number of fused-ring (bicyclic) bond motifs is 1. The van der Waals surface area contributed by atoms with Gasteiger partial charge in [-0.25, -0.2) is 0 Å². The smallest absolute Gasteiger partial charge is 0.258 e. The molecule has 3 nitrogen and oxygen atoms in total. The maximum atomic E-state index is 12.3. The molecule has 0 aliphatic carbocycles. The Morgan fingerprint density at radius 1 is 1.23 bits per heavy atom. The first-order valence-electron chi connectivity index (χ1n) is 8.49. The number of rotatable bonds is 6. The molecule has 0 N–H and O–H groups in total. The second kappa shape index (κ2) is 8.52. The molecular formula is C21H22N2OS2. The zero-order chi connectivity index (χ0) is 18.5. The van der Waals surface area contributed by atoms with E-state index >= 15 is 0 Å². The van der Waals surface area contributed by atoms with E-state index < -0.39 is 0 Å². The minimum atomic E-state index is -0.0938. The van der Waals surface area contributed by atoms with Crippen LogP contribution in [-0.4, -0.2) is 16.2 Å². The summed E-state index contributed by atoms with van der Waals surface area (Å²) in [4.78, 5) is 17.5. The summed E-state index contributed by atoms with van der Waals surface area (Å²) >= 11 is 3.16. The highest BCUT2D eigenvalue weighted by molar-refractivity contribution is 7.99. The van der Waals surface area contributed by atoms with Crippen molar-refractivity contribution in [3.8, 4) is 0 Å². The monoisotopic (exact) mass is 382 g/mol. The topological polar surface area (TPSA) is 34.4 Å². The zero-order valence-corrected chi connectivity index (χ0v) is 16.7. The van der Waals surface area contributed by atoms with Crippen LogP contribution in [0, 0.1) is 13.8 Å². The zero-order valence-electron chi connectivity index (χ0n) is 15.1. The van der Waals surface area contributed by atoms with Gasteiger partial charge in [-0.15, -0.1) is 18.3 Å². The van der Waals surface area contributed by atoms with E-state index in [9.17, 15) is 4.79 Å². The summed E-state index contributed by atoms with van der Waals surface area (Å²) in [6, 6.07) is 14.5. The van der Waals surface area contributed by atoms with E-state index in [0.717, 1.165) is 20.8 Å². The Morgan fingerprint density at radius 3 is 2.69 bits per heavy atom. The van der Waals surface area contributed by atoms with Gasteiger partial charge in [0.1, 0.15) is 0 Å². The van der Waals surface area contributed by atoms with Gasteiger partial charge in [0.25, 0.3) is 5.91 Å². The second-order valence-corrected chi connectivity index (χ2v) is 8.17. The predicted octanol–water partition coefficient (Wildman–Crippen LogP) is 4.87. The minimum absolute atomic E-state index is 0.0938. The molecule has 0 atom stereocenters. The van der Waals surface area contributed by atoms with Gasteiger partial charge in [0.2, 0.25) is 0 Å². The number of benzene rings is 2. The van der Waals surface area contributed by atoms with E-state index in [1.54, 1.807) is 23.1 Å². The lowest BCUT2D eigenvalue weighted by molar-refractivity contribution is -0.115. The SMILES string of the molecule is C=CCn1c(=NC(=O)CSCc2ccccc2)sc2cc(C)c(C)cc21. The number of carbonyl (C=O) groups excluding carboxylic acids is 1. The fourth-order valence-corrected chi connectivity index (χ4v) is 4.59. The third-order valence-corrected chi connectivity index (χ3v) is 6.20. The van der Waals surface area contributed by atoms with Crippen LogP contribution in [0.2, 0.25) is 0 Å². The number of thioether (sulfide) groups is 1. The summed E-state index contributed by atoms with van der Waals surface area (Å²) < 4.78 is 3.22. The number of aryl methyl sites for hydroxylation is 2. The second-order valence-electron chi connectivity index (χ2n) is 6.17. The molecule has 0 aliphatic heterocycles. The van der Waals surface area contributed by atoms with Crippen molar-refractivity contribution in [1.82, 2.24) is 4.57 Å². The molecular weight excluding hydrogens is 360 g/mol. The summed E-state index contributed by atoms with van der Waals surface area (Å²) in [5, 5.41) is 0. The Hall–Kier alpha value is -2.11. The summed E-state index contributed by atoms with van der Waals surface area (Å²) in [6.45, 7) is 8.69. The lowest BCUT2D eigenvalue weighted by Crippen LogP contribution is -2.17. The molecule has 3 aromatic rings. The van der Waals surface area contributed by atoms with Crippen molar-refractivity contribution in [2.45, 2.75) is 26.1 Å². The molecule has 0 bridgehead atoms. The van der Waals surface area contributed by atoms with Crippen molar-refractivity contribution in [3.63, 3.8) is 0 Å². The van der Waals surface area contributed by atoms with Crippen molar-refractivity contribution in [3.05, 3.63) is 76.6 Å². The number of hydrogen-bond acceptors (Lipinski definition) is 3. The summed E-state index contributed by atoms with van der Waals surface area (Å²) in [7, 11) is 0. The predicted molar refractivity (Wildman–Crippen MR) is 113 cm³/mol. The number of hydrogen-bond donors (Lipinski definition) is 0. The van der Waals surface area contributed by atoms with Crippen molar-refractivity contribution in [1.29, 1.82) is 0 Å². The van der Waals surface area contributed by atoms with E-state index in [1.807, 2.05) is 24.3 Å². The highest BCUT2D eigenvalue weighted by atomic mass is 32.2. The van der Waals surface area contributed by atoms with Crippen molar-refractivity contribution in [2.24, 2.45) is 4.99 Å². The molecule has 0 spiro atoms. The van der Waals surface area contributed by atoms with Crippen LogP contribution in [0.5, 0.6) is 0 Å². The molecule has 0 aliphatic rings. The van der Waals surface area contributed by atoms with Crippen LogP contribution < -0.4 is 4.80 Å². The van der Waals surface area contributed by atoms with Crippen LogP contribution in [0.25, 0.3) is 10.2 Å². The average molecular weight is 383 g/mol. The fourth-order valence-electron chi connectivity index (χ4n) is 2.68. The third kappa shape index (κ3) is 4.34. The lowest BCUT2D eigenvalue weighted by Gasteiger charge is -2.04. The standard InChI is InChI=1S/C21H22N2OS2/c1-4-10-23-18-11-15(2)16(3)12-19(18)26-21(23)22-20(24)14-25-13-17-8-6-5-7-9-17/h4-9,11-12H,1,10,13-14H2,2-3H3. The Kier molecular flexibility index (Phi) is 6.12. The Bertz CT molecular complexity index is 1000. The van der Waals surface area contributed by atoms with Gasteiger partial charge in [0, 0.05) is 12.3 Å². The van der Waals surface area contributed by atoms with Crippen LogP contribution >= 0.6 is 23.1 Å². The van der Waals surface area contributed by atoms with E-state index in [1.165, 1.54) is 16.7 Å². The first kappa shape index (κ1) is 18.7. The molecule has 1 aromatic heterocycles. The van der Waals surface area contributed by atoms with Crippen molar-refractivity contribution >= 4 is 39.2 Å². The number of amides is 1. The molecule has 0 radical (unpaired) electrons. The Labute approximate surface area is 162 Å². The Balaban J connectivity index is 1.82. The molecule has 1 amide bonds. The minimum Gasteiger partial charge on any atom is -0.312 e. The third-order valence-electron chi connectivity index (χ3n) is 4.17. The molecule has 26 heavy (non-hydrogen) atoms. The number of allylic oxidation sites excluding steroid dienone is 1. The van der Waals surface area contributed by atoms with Crippen LogP contribution in [0.4, 0.5) is 0 Å².